The third-order valence-electron chi connectivity index (χ3n) is 2.56. The van der Waals surface area contributed by atoms with Gasteiger partial charge >= 0.3 is 0 Å². The summed E-state index contributed by atoms with van der Waals surface area (Å²) >= 11 is 0. The van der Waals surface area contributed by atoms with Crippen LogP contribution in [0.3, 0.4) is 0 Å². The Hall–Kier alpha value is -2.10. The van der Waals surface area contributed by atoms with Gasteiger partial charge in [-0.1, -0.05) is 12.1 Å². The highest BCUT2D eigenvalue weighted by Crippen LogP contribution is 2.17. The van der Waals surface area contributed by atoms with Crippen molar-refractivity contribution in [1.82, 2.24) is 9.55 Å². The molecule has 4 nitrogen and oxygen atoms in total. The number of carbonyl (C=O) groups excluding carboxylic acids is 1. The number of rotatable bonds is 5. The van der Waals surface area contributed by atoms with Crippen LogP contribution in [0.25, 0.3) is 0 Å². The largest absolute Gasteiger partial charge is 0.487 e. The van der Waals surface area contributed by atoms with Crippen LogP contribution in [-0.4, -0.2) is 15.8 Å². The Bertz CT molecular complexity index is 506. The Labute approximate surface area is 99.9 Å². The average Bonchev–Trinajstić information content (AvgIpc) is 2.84. The van der Waals surface area contributed by atoms with Crippen LogP contribution in [0.2, 0.25) is 0 Å². The maximum atomic E-state index is 10.8. The summed E-state index contributed by atoms with van der Waals surface area (Å²) in [4.78, 5) is 14.9. The maximum absolute atomic E-state index is 10.8. The molecule has 0 saturated heterocycles. The van der Waals surface area contributed by atoms with Crippen molar-refractivity contribution in [2.75, 3.05) is 0 Å². The first-order valence-electron chi connectivity index (χ1n) is 5.51. The number of ether oxygens (including phenoxy) is 1. The average molecular weight is 230 g/mol. The van der Waals surface area contributed by atoms with Gasteiger partial charge in [0, 0.05) is 6.54 Å². The van der Waals surface area contributed by atoms with Gasteiger partial charge in [0.1, 0.15) is 12.4 Å². The van der Waals surface area contributed by atoms with Gasteiger partial charge in [-0.25, -0.2) is 4.98 Å². The molecule has 1 aromatic carbocycles. The molecule has 0 spiro atoms. The summed E-state index contributed by atoms with van der Waals surface area (Å²) in [6, 6.07) is 7.18. The molecule has 0 amide bonds. The Morgan fingerprint density at radius 3 is 3.00 bits per heavy atom. The van der Waals surface area contributed by atoms with E-state index in [1.54, 1.807) is 24.7 Å². The van der Waals surface area contributed by atoms with Crippen molar-refractivity contribution in [2.24, 2.45) is 0 Å². The SMILES string of the molecule is CCn1cncc1COc1ccccc1C=O. The summed E-state index contributed by atoms with van der Waals surface area (Å²) in [6.07, 6.45) is 4.34. The zero-order valence-electron chi connectivity index (χ0n) is 9.67. The summed E-state index contributed by atoms with van der Waals surface area (Å²) in [7, 11) is 0. The Morgan fingerprint density at radius 2 is 2.24 bits per heavy atom. The van der Waals surface area contributed by atoms with Crippen LogP contribution in [-0.2, 0) is 13.2 Å². The second kappa shape index (κ2) is 5.30. The van der Waals surface area contributed by atoms with Gasteiger partial charge in [0.05, 0.1) is 23.8 Å². The summed E-state index contributed by atoms with van der Waals surface area (Å²) in [5, 5.41) is 0. The van der Waals surface area contributed by atoms with Crippen molar-refractivity contribution < 1.29 is 9.53 Å². The van der Waals surface area contributed by atoms with E-state index in [1.807, 2.05) is 23.6 Å². The second-order valence-corrected chi connectivity index (χ2v) is 3.62. The minimum Gasteiger partial charge on any atom is -0.487 e. The van der Waals surface area contributed by atoms with Crippen LogP contribution in [0.1, 0.15) is 23.0 Å². The Morgan fingerprint density at radius 1 is 1.41 bits per heavy atom. The van der Waals surface area contributed by atoms with Gasteiger partial charge in [-0.3, -0.25) is 4.79 Å². The Kier molecular flexibility index (Phi) is 3.55. The molecule has 0 unspecified atom stereocenters. The molecule has 0 saturated carbocycles. The minimum atomic E-state index is 0.415. The zero-order valence-corrected chi connectivity index (χ0v) is 9.67. The van der Waals surface area contributed by atoms with Gasteiger partial charge in [-0.2, -0.15) is 0 Å². The van der Waals surface area contributed by atoms with Gasteiger partial charge in [0.15, 0.2) is 6.29 Å². The van der Waals surface area contributed by atoms with Crippen LogP contribution >= 0.6 is 0 Å². The van der Waals surface area contributed by atoms with Crippen molar-refractivity contribution in [3.05, 3.63) is 48.0 Å². The molecule has 1 heterocycles. The first-order valence-corrected chi connectivity index (χ1v) is 5.51. The molecular formula is C13H14N2O2. The lowest BCUT2D eigenvalue weighted by molar-refractivity contribution is 0.111. The molecule has 0 aliphatic heterocycles. The van der Waals surface area contributed by atoms with Gasteiger partial charge in [0.2, 0.25) is 0 Å². The quantitative estimate of drug-likeness (QED) is 0.740. The zero-order chi connectivity index (χ0) is 12.1. The number of carbonyl (C=O) groups is 1. The number of imidazole rings is 1. The lowest BCUT2D eigenvalue weighted by Gasteiger charge is -2.09. The number of aldehydes is 1. The van der Waals surface area contributed by atoms with Gasteiger partial charge in [-0.05, 0) is 19.1 Å². The number of nitrogens with zero attached hydrogens (tertiary/aromatic N) is 2. The summed E-state index contributed by atoms with van der Waals surface area (Å²) in [5.74, 6) is 0.603. The van der Waals surface area contributed by atoms with Crippen molar-refractivity contribution in [3.8, 4) is 5.75 Å². The van der Waals surface area contributed by atoms with E-state index in [9.17, 15) is 4.79 Å². The van der Waals surface area contributed by atoms with E-state index in [-0.39, 0.29) is 0 Å². The normalized spacial score (nSPS) is 10.2. The molecule has 0 atom stereocenters. The molecule has 0 fully saturated rings. The molecule has 2 rings (SSSR count). The predicted molar refractivity (Wildman–Crippen MR) is 64.1 cm³/mol. The molecule has 4 heteroatoms. The molecular weight excluding hydrogens is 216 g/mol. The third kappa shape index (κ3) is 2.53. The standard InChI is InChI=1S/C13H14N2O2/c1-2-15-10-14-7-12(15)9-17-13-6-4-3-5-11(13)8-16/h3-8,10H,2,9H2,1H3. The number of para-hydroxylation sites is 1. The lowest BCUT2D eigenvalue weighted by atomic mass is 10.2. The van der Waals surface area contributed by atoms with E-state index in [4.69, 9.17) is 4.74 Å². The van der Waals surface area contributed by atoms with Crippen LogP contribution < -0.4 is 4.74 Å². The smallest absolute Gasteiger partial charge is 0.153 e. The number of benzene rings is 1. The first-order chi connectivity index (χ1) is 8.35. The molecule has 0 N–H and O–H groups in total. The topological polar surface area (TPSA) is 44.1 Å². The molecule has 0 radical (unpaired) electrons. The molecule has 0 bridgehead atoms. The molecule has 17 heavy (non-hydrogen) atoms. The van der Waals surface area contributed by atoms with Crippen LogP contribution in [0, 0.1) is 0 Å². The fourth-order valence-electron chi connectivity index (χ4n) is 1.61. The number of hydrogen-bond donors (Lipinski definition) is 0. The van der Waals surface area contributed by atoms with E-state index < -0.39 is 0 Å². The molecule has 2 aromatic rings. The molecule has 0 aliphatic carbocycles. The lowest BCUT2D eigenvalue weighted by Crippen LogP contribution is -2.04. The van der Waals surface area contributed by atoms with Crippen molar-refractivity contribution in [2.45, 2.75) is 20.1 Å². The van der Waals surface area contributed by atoms with E-state index in [2.05, 4.69) is 4.98 Å². The van der Waals surface area contributed by atoms with Crippen LogP contribution in [0.4, 0.5) is 0 Å². The highest BCUT2D eigenvalue weighted by Gasteiger charge is 2.04. The van der Waals surface area contributed by atoms with Gasteiger partial charge in [0.25, 0.3) is 0 Å². The number of hydrogen-bond acceptors (Lipinski definition) is 3. The fraction of sp³-hybridized carbons (Fsp3) is 0.231. The summed E-state index contributed by atoms with van der Waals surface area (Å²) < 4.78 is 7.63. The highest BCUT2D eigenvalue weighted by molar-refractivity contribution is 5.79. The van der Waals surface area contributed by atoms with E-state index in [0.29, 0.717) is 17.9 Å². The fourth-order valence-corrected chi connectivity index (χ4v) is 1.61. The molecule has 0 aliphatic rings. The molecule has 1 aromatic heterocycles. The summed E-state index contributed by atoms with van der Waals surface area (Å²) in [6.45, 7) is 3.32. The van der Waals surface area contributed by atoms with Crippen LogP contribution in [0.5, 0.6) is 5.75 Å². The minimum absolute atomic E-state index is 0.415. The second-order valence-electron chi connectivity index (χ2n) is 3.62. The first kappa shape index (κ1) is 11.4. The van der Waals surface area contributed by atoms with Crippen molar-refractivity contribution >= 4 is 6.29 Å². The number of aryl methyl sites for hydroxylation is 1. The maximum Gasteiger partial charge on any atom is 0.153 e. The highest BCUT2D eigenvalue weighted by atomic mass is 16.5. The Balaban J connectivity index is 2.09. The predicted octanol–water partition coefficient (Wildman–Crippen LogP) is 2.29. The van der Waals surface area contributed by atoms with Crippen LogP contribution in [0.15, 0.2) is 36.8 Å². The number of aromatic nitrogens is 2. The monoisotopic (exact) mass is 230 g/mol. The van der Waals surface area contributed by atoms with Crippen molar-refractivity contribution in [1.29, 1.82) is 0 Å². The summed E-state index contributed by atoms with van der Waals surface area (Å²) in [5.41, 5.74) is 1.56. The van der Waals surface area contributed by atoms with Crippen molar-refractivity contribution in [3.63, 3.8) is 0 Å². The molecule has 88 valence electrons. The van der Waals surface area contributed by atoms with E-state index in [1.165, 1.54) is 0 Å². The van der Waals surface area contributed by atoms with E-state index >= 15 is 0 Å². The van der Waals surface area contributed by atoms with E-state index in [0.717, 1.165) is 18.5 Å². The van der Waals surface area contributed by atoms with Gasteiger partial charge < -0.3 is 9.30 Å². The third-order valence-corrected chi connectivity index (χ3v) is 2.56. The van der Waals surface area contributed by atoms with Gasteiger partial charge in [-0.15, -0.1) is 0 Å².